The summed E-state index contributed by atoms with van der Waals surface area (Å²) in [5.74, 6) is -2.56. The van der Waals surface area contributed by atoms with Gasteiger partial charge in [-0.3, -0.25) is 24.1 Å². The number of likely N-dealkylation sites (N-methyl/N-ethyl adjacent to an activating group) is 1. The number of aliphatic hydroxyl groups is 1. The molecule has 11 nitrogen and oxygen atoms in total. The minimum atomic E-state index is -1.07. The van der Waals surface area contributed by atoms with E-state index in [1.54, 1.807) is 12.3 Å². The highest BCUT2D eigenvalue weighted by atomic mass is 32.1. The van der Waals surface area contributed by atoms with E-state index < -0.39 is 42.0 Å². The summed E-state index contributed by atoms with van der Waals surface area (Å²) in [4.78, 5) is 62.0. The molecule has 1 aromatic heterocycles. The number of benzene rings is 2. The highest BCUT2D eigenvalue weighted by Gasteiger charge is 2.38. The number of nitrogens with zero attached hydrogens (tertiary/aromatic N) is 3. The summed E-state index contributed by atoms with van der Waals surface area (Å²) in [5, 5.41) is 29.3. The number of carboxylic acid groups (broad SMARTS) is 1. The molecule has 2 aromatic carbocycles. The number of aliphatic carboxylic acids is 1. The van der Waals surface area contributed by atoms with Crippen molar-refractivity contribution in [1.82, 2.24) is 25.4 Å². The smallest absolute Gasteiger partial charge is 0.306 e. The third-order valence-electron chi connectivity index (χ3n) is 10.7. The molecule has 1 saturated heterocycles. The minimum absolute atomic E-state index is 0.0669. The molecule has 1 fully saturated rings. The van der Waals surface area contributed by atoms with Crippen LogP contribution in [0.4, 0.5) is 0 Å². The van der Waals surface area contributed by atoms with Crippen molar-refractivity contribution >= 4 is 35.0 Å². The van der Waals surface area contributed by atoms with Crippen LogP contribution in [-0.2, 0) is 27.3 Å². The Morgan fingerprint density at radius 3 is 2.19 bits per heavy atom. The molecule has 4 rings (SSSR count). The molecule has 0 radical (unpaired) electrons. The molecule has 0 aliphatic carbocycles. The number of carbonyl (C=O) groups is 4. The van der Waals surface area contributed by atoms with Crippen LogP contribution in [0.25, 0.3) is 0 Å². The highest BCUT2D eigenvalue weighted by Crippen LogP contribution is 2.30. The Hall–Kier alpha value is -4.13. The number of carbonyl (C=O) groups excluding carboxylic acids is 3. The predicted octanol–water partition coefficient (Wildman–Crippen LogP) is 6.09. The summed E-state index contributed by atoms with van der Waals surface area (Å²) < 4.78 is 0. The van der Waals surface area contributed by atoms with Gasteiger partial charge in [-0.05, 0) is 62.2 Å². The Morgan fingerprint density at radius 2 is 1.59 bits per heavy atom. The second-order valence-electron chi connectivity index (χ2n) is 15.3. The topological polar surface area (TPSA) is 152 Å². The molecule has 3 aromatic rings. The van der Waals surface area contributed by atoms with Crippen molar-refractivity contribution in [1.29, 1.82) is 0 Å². The van der Waals surface area contributed by atoms with E-state index in [0.29, 0.717) is 24.4 Å². The van der Waals surface area contributed by atoms with Crippen LogP contribution in [0.2, 0.25) is 0 Å². The van der Waals surface area contributed by atoms with Gasteiger partial charge in [0.05, 0.1) is 12.0 Å². The molecule has 4 N–H and O–H groups in total. The summed E-state index contributed by atoms with van der Waals surface area (Å²) in [6.45, 7) is 10.8. The maximum atomic E-state index is 14.8. The molecule has 2 heterocycles. The Bertz CT molecular complexity index is 1650. The van der Waals surface area contributed by atoms with Crippen molar-refractivity contribution in [2.24, 2.45) is 17.8 Å². The van der Waals surface area contributed by atoms with Gasteiger partial charge in [0, 0.05) is 30.4 Å². The third kappa shape index (κ3) is 11.9. The number of nitrogens with one attached hydrogen (secondary N) is 2. The molecule has 12 heteroatoms. The monoisotopic (exact) mass is 761 g/mol. The lowest BCUT2D eigenvalue weighted by Gasteiger charge is -2.40. The van der Waals surface area contributed by atoms with Crippen molar-refractivity contribution in [2.75, 3.05) is 13.6 Å². The lowest BCUT2D eigenvalue weighted by molar-refractivity contribution is -0.143. The summed E-state index contributed by atoms with van der Waals surface area (Å²) in [7, 11) is 1.96. The zero-order valence-corrected chi connectivity index (χ0v) is 33.4. The Kier molecular flexibility index (Phi) is 16.2. The van der Waals surface area contributed by atoms with Gasteiger partial charge in [-0.1, -0.05) is 108 Å². The van der Waals surface area contributed by atoms with Gasteiger partial charge < -0.3 is 25.7 Å². The summed E-state index contributed by atoms with van der Waals surface area (Å²) >= 11 is 1.17. The fraction of sp³-hybridized carbons (Fsp3) is 0.548. The van der Waals surface area contributed by atoms with Crippen LogP contribution in [0.3, 0.4) is 0 Å². The van der Waals surface area contributed by atoms with Crippen molar-refractivity contribution in [3.05, 3.63) is 87.9 Å². The molecule has 294 valence electrons. The summed E-state index contributed by atoms with van der Waals surface area (Å²) in [5.41, 5.74) is 2.05. The molecule has 7 atom stereocenters. The maximum absolute atomic E-state index is 14.8. The quantitative estimate of drug-likeness (QED) is 0.115. The average Bonchev–Trinajstić information content (AvgIpc) is 3.66. The molecule has 1 aliphatic rings. The van der Waals surface area contributed by atoms with Crippen molar-refractivity contribution in [2.45, 2.75) is 116 Å². The number of rotatable bonds is 19. The summed E-state index contributed by atoms with van der Waals surface area (Å²) in [6, 6.07) is 17.4. The van der Waals surface area contributed by atoms with Gasteiger partial charge in [0.15, 0.2) is 0 Å². The van der Waals surface area contributed by atoms with Crippen LogP contribution in [0, 0.1) is 17.8 Å². The van der Waals surface area contributed by atoms with Gasteiger partial charge >= 0.3 is 5.97 Å². The number of aliphatic hydroxyl groups excluding tert-OH is 1. The first-order valence-electron chi connectivity index (χ1n) is 19.3. The number of hydrogen-bond acceptors (Lipinski definition) is 8. The zero-order chi connectivity index (χ0) is 39.4. The fourth-order valence-electron chi connectivity index (χ4n) is 7.17. The fourth-order valence-corrected chi connectivity index (χ4v) is 7.97. The highest BCUT2D eigenvalue weighted by molar-refractivity contribution is 7.09. The molecule has 3 amide bonds. The minimum Gasteiger partial charge on any atom is -0.481 e. The van der Waals surface area contributed by atoms with E-state index in [4.69, 9.17) is 0 Å². The maximum Gasteiger partial charge on any atom is 0.306 e. The van der Waals surface area contributed by atoms with Crippen LogP contribution in [-0.4, -0.2) is 86.4 Å². The Morgan fingerprint density at radius 1 is 0.944 bits per heavy atom. The van der Waals surface area contributed by atoms with Gasteiger partial charge in [0.2, 0.25) is 11.8 Å². The van der Waals surface area contributed by atoms with Gasteiger partial charge in [-0.25, -0.2) is 4.98 Å². The third-order valence-corrected chi connectivity index (χ3v) is 11.7. The number of piperidine rings is 1. The van der Waals surface area contributed by atoms with Gasteiger partial charge in [0.25, 0.3) is 5.91 Å². The van der Waals surface area contributed by atoms with Crippen LogP contribution >= 0.6 is 11.3 Å². The second kappa shape index (κ2) is 20.5. The molecule has 0 saturated carbocycles. The number of likely N-dealkylation sites (tertiary alicyclic amines) is 1. The van der Waals surface area contributed by atoms with E-state index >= 15 is 0 Å². The average molecular weight is 762 g/mol. The van der Waals surface area contributed by atoms with Gasteiger partial charge in [0.1, 0.15) is 22.8 Å². The van der Waals surface area contributed by atoms with Crippen LogP contribution in [0.15, 0.2) is 66.0 Å². The van der Waals surface area contributed by atoms with Crippen LogP contribution in [0.5, 0.6) is 0 Å². The molecule has 1 aliphatic heterocycles. The largest absolute Gasteiger partial charge is 0.481 e. The van der Waals surface area contributed by atoms with E-state index in [0.717, 1.165) is 36.9 Å². The van der Waals surface area contributed by atoms with E-state index in [1.807, 2.05) is 100 Å². The van der Waals surface area contributed by atoms with E-state index in [9.17, 15) is 29.4 Å². The number of thiazole rings is 1. The molecule has 0 bridgehead atoms. The van der Waals surface area contributed by atoms with Crippen LogP contribution < -0.4 is 10.6 Å². The van der Waals surface area contributed by atoms with Crippen LogP contribution in [0.1, 0.15) is 106 Å². The first-order chi connectivity index (χ1) is 25.8. The van der Waals surface area contributed by atoms with E-state index in [-0.39, 0.29) is 48.2 Å². The SMILES string of the molecule is CCC(C)C(NC(=O)C1CCCCN1C)C(=O)N(Cc1ccccc1)[C@H](C[C@@H](O)c1nc(C(=O)N[C@@H](Cc2ccccc2)C[C@H](C)C(=O)O)cs1)C(C)C. The zero-order valence-electron chi connectivity index (χ0n) is 32.6. The number of amides is 3. The Labute approximate surface area is 324 Å². The van der Waals surface area contributed by atoms with Gasteiger partial charge in [-0.2, -0.15) is 0 Å². The molecule has 0 spiro atoms. The molecular formula is C42H59N5O6S. The first-order valence-corrected chi connectivity index (χ1v) is 20.2. The van der Waals surface area contributed by atoms with Gasteiger partial charge in [-0.15, -0.1) is 11.3 Å². The normalized spacial score (nSPS) is 18.2. The standard InChI is InChI=1S/C42H59N5O6S/c1-7-28(4)37(45-39(50)34-20-14-15-21-46(34)6)41(51)47(25-31-18-12-9-13-19-31)35(27(2)3)24-36(48)40-44-33(26-54-40)38(49)43-32(22-29(5)42(52)53)23-30-16-10-8-11-17-30/h8-13,16-19,26-29,32,34-37,48H,7,14-15,20-25H2,1-6H3,(H,43,49)(H,45,50)(H,52,53)/t28?,29-,32+,34?,35+,36+,37?/m0/s1. The van der Waals surface area contributed by atoms with Crippen molar-refractivity contribution in [3.63, 3.8) is 0 Å². The number of carboxylic acids is 1. The molecular weight excluding hydrogens is 703 g/mol. The number of hydrogen-bond donors (Lipinski definition) is 4. The van der Waals surface area contributed by atoms with Crippen molar-refractivity contribution in [3.8, 4) is 0 Å². The Balaban J connectivity index is 1.56. The van der Waals surface area contributed by atoms with Crippen molar-refractivity contribution < 1.29 is 29.4 Å². The van der Waals surface area contributed by atoms with E-state index in [2.05, 4.69) is 20.5 Å². The first kappa shape index (κ1) is 42.6. The lowest BCUT2D eigenvalue weighted by Crippen LogP contribution is -2.58. The van der Waals surface area contributed by atoms with E-state index in [1.165, 1.54) is 11.3 Å². The summed E-state index contributed by atoms with van der Waals surface area (Å²) in [6.07, 6.45) is 3.25. The second-order valence-corrected chi connectivity index (χ2v) is 16.2. The molecule has 54 heavy (non-hydrogen) atoms. The number of aromatic nitrogens is 1. The predicted molar refractivity (Wildman–Crippen MR) is 212 cm³/mol. The molecule has 3 unspecified atom stereocenters. The lowest BCUT2D eigenvalue weighted by atomic mass is 9.91.